The predicted molar refractivity (Wildman–Crippen MR) is 124 cm³/mol. The van der Waals surface area contributed by atoms with Crippen molar-refractivity contribution in [1.29, 1.82) is 0 Å². The first-order valence-corrected chi connectivity index (χ1v) is 11.1. The van der Waals surface area contributed by atoms with Crippen LogP contribution in [0.4, 0.5) is 11.4 Å². The maximum absolute atomic E-state index is 13.3. The number of hydrogen-bond acceptors (Lipinski definition) is 7. The zero-order chi connectivity index (χ0) is 23.1. The standard InChI is InChI=1S/C22H18N6O4S/c1-13-5-4-6-14(9-13)27-20-16(11-23-27)21(30)26-15(12-33-22(26)25-20)10-19(29)24-17-7-2-3-8-18(17)28(31)32/h2-9,11,15H,10,12H2,1H3,(H,24,29). The lowest BCUT2D eigenvalue weighted by atomic mass is 10.2. The van der Waals surface area contributed by atoms with Gasteiger partial charge in [-0.3, -0.25) is 24.3 Å². The number of rotatable bonds is 5. The summed E-state index contributed by atoms with van der Waals surface area (Å²) in [7, 11) is 0. The largest absolute Gasteiger partial charge is 0.320 e. The van der Waals surface area contributed by atoms with E-state index in [1.807, 2.05) is 31.2 Å². The Morgan fingerprint density at radius 3 is 2.88 bits per heavy atom. The molecule has 0 fully saturated rings. The molecule has 33 heavy (non-hydrogen) atoms. The van der Waals surface area contributed by atoms with E-state index in [0.717, 1.165) is 11.3 Å². The van der Waals surface area contributed by atoms with Gasteiger partial charge in [-0.25, -0.2) is 9.67 Å². The van der Waals surface area contributed by atoms with E-state index in [1.165, 1.54) is 40.7 Å². The summed E-state index contributed by atoms with van der Waals surface area (Å²) in [6.45, 7) is 1.98. The number of carbonyl (C=O) groups is 1. The van der Waals surface area contributed by atoms with E-state index in [-0.39, 0.29) is 23.4 Å². The maximum Gasteiger partial charge on any atom is 0.292 e. The summed E-state index contributed by atoms with van der Waals surface area (Å²) < 4.78 is 3.16. The van der Waals surface area contributed by atoms with Crippen molar-refractivity contribution in [2.24, 2.45) is 0 Å². The monoisotopic (exact) mass is 462 g/mol. The molecule has 0 saturated heterocycles. The molecule has 166 valence electrons. The molecule has 5 rings (SSSR count). The number of para-hydroxylation sites is 2. The Bertz CT molecular complexity index is 1480. The van der Waals surface area contributed by atoms with Crippen LogP contribution in [0.3, 0.4) is 0 Å². The fraction of sp³-hybridized carbons (Fsp3) is 0.182. The van der Waals surface area contributed by atoms with Crippen LogP contribution in [0.1, 0.15) is 18.0 Å². The van der Waals surface area contributed by atoms with Crippen molar-refractivity contribution in [3.63, 3.8) is 0 Å². The van der Waals surface area contributed by atoms with Crippen molar-refractivity contribution in [2.75, 3.05) is 11.1 Å². The molecular formula is C22H18N6O4S. The summed E-state index contributed by atoms with van der Waals surface area (Å²) in [6.07, 6.45) is 1.49. The number of nitrogens with one attached hydrogen (secondary N) is 1. The van der Waals surface area contributed by atoms with Crippen molar-refractivity contribution >= 4 is 40.1 Å². The average Bonchev–Trinajstić information content (AvgIpc) is 3.39. The van der Waals surface area contributed by atoms with Gasteiger partial charge in [0, 0.05) is 18.2 Å². The number of fused-ring (bicyclic) bond motifs is 2. The molecule has 1 aliphatic heterocycles. The van der Waals surface area contributed by atoms with E-state index in [0.29, 0.717) is 21.9 Å². The maximum atomic E-state index is 13.3. The number of carbonyl (C=O) groups excluding carboxylic acids is 1. The minimum Gasteiger partial charge on any atom is -0.320 e. The average molecular weight is 462 g/mol. The third-order valence-corrected chi connectivity index (χ3v) is 6.51. The SMILES string of the molecule is Cc1cccc(-n2ncc3c(=O)n4c(nc32)SCC4CC(=O)Nc2ccccc2[N+](=O)[O-])c1. The second-order valence-electron chi connectivity index (χ2n) is 7.69. The zero-order valence-corrected chi connectivity index (χ0v) is 18.3. The van der Waals surface area contributed by atoms with Crippen LogP contribution < -0.4 is 10.9 Å². The minimum absolute atomic E-state index is 0.00877. The molecule has 1 aliphatic rings. The number of benzene rings is 2. The van der Waals surface area contributed by atoms with Crippen LogP contribution in [0, 0.1) is 17.0 Å². The van der Waals surface area contributed by atoms with E-state index < -0.39 is 16.9 Å². The molecule has 0 aliphatic carbocycles. The smallest absolute Gasteiger partial charge is 0.292 e. The highest BCUT2D eigenvalue weighted by atomic mass is 32.2. The van der Waals surface area contributed by atoms with Gasteiger partial charge in [-0.2, -0.15) is 5.10 Å². The Hall–Kier alpha value is -3.99. The molecular weight excluding hydrogens is 444 g/mol. The summed E-state index contributed by atoms with van der Waals surface area (Å²) >= 11 is 1.39. The molecule has 2 aromatic carbocycles. The van der Waals surface area contributed by atoms with Gasteiger partial charge >= 0.3 is 0 Å². The molecule has 3 heterocycles. The van der Waals surface area contributed by atoms with Gasteiger partial charge in [0.1, 0.15) is 11.1 Å². The lowest BCUT2D eigenvalue weighted by Crippen LogP contribution is -2.27. The molecule has 1 unspecified atom stereocenters. The molecule has 1 amide bonds. The first-order chi connectivity index (χ1) is 15.9. The van der Waals surface area contributed by atoms with Crippen molar-refractivity contribution in [2.45, 2.75) is 24.5 Å². The molecule has 2 aromatic heterocycles. The fourth-order valence-electron chi connectivity index (χ4n) is 3.88. The summed E-state index contributed by atoms with van der Waals surface area (Å²) in [6, 6.07) is 13.3. The number of nitro groups is 1. The highest BCUT2D eigenvalue weighted by Gasteiger charge is 2.30. The fourth-order valence-corrected chi connectivity index (χ4v) is 5.01. The Morgan fingerprint density at radius 2 is 2.09 bits per heavy atom. The van der Waals surface area contributed by atoms with Crippen molar-refractivity contribution in [3.05, 3.63) is 80.8 Å². The van der Waals surface area contributed by atoms with E-state index in [2.05, 4.69) is 15.4 Å². The van der Waals surface area contributed by atoms with Crippen molar-refractivity contribution in [1.82, 2.24) is 19.3 Å². The quantitative estimate of drug-likeness (QED) is 0.273. The van der Waals surface area contributed by atoms with Crippen LogP contribution >= 0.6 is 11.8 Å². The van der Waals surface area contributed by atoms with Gasteiger partial charge in [-0.05, 0) is 30.7 Å². The number of thioether (sulfide) groups is 1. The summed E-state index contributed by atoms with van der Waals surface area (Å²) in [4.78, 5) is 41.2. The van der Waals surface area contributed by atoms with Gasteiger partial charge in [-0.15, -0.1) is 0 Å². The summed E-state index contributed by atoms with van der Waals surface area (Å²) in [5.41, 5.74) is 2.02. The number of anilines is 1. The lowest BCUT2D eigenvalue weighted by molar-refractivity contribution is -0.383. The summed E-state index contributed by atoms with van der Waals surface area (Å²) in [5, 5.41) is 19.0. The Morgan fingerprint density at radius 1 is 1.27 bits per heavy atom. The number of hydrogen-bond donors (Lipinski definition) is 1. The molecule has 1 atom stereocenters. The van der Waals surface area contributed by atoms with Crippen molar-refractivity contribution < 1.29 is 9.72 Å². The first kappa shape index (κ1) is 20.9. The van der Waals surface area contributed by atoms with E-state index in [4.69, 9.17) is 0 Å². The normalized spacial score (nSPS) is 14.9. The van der Waals surface area contributed by atoms with Gasteiger partial charge in [0.05, 0.1) is 22.8 Å². The Kier molecular flexibility index (Phi) is 5.17. The molecule has 10 nitrogen and oxygen atoms in total. The second kappa shape index (κ2) is 8.17. The highest BCUT2D eigenvalue weighted by Crippen LogP contribution is 2.34. The molecule has 4 aromatic rings. The van der Waals surface area contributed by atoms with Crippen LogP contribution in [-0.4, -0.2) is 35.9 Å². The zero-order valence-electron chi connectivity index (χ0n) is 17.5. The second-order valence-corrected chi connectivity index (χ2v) is 8.68. The van der Waals surface area contributed by atoms with Crippen LogP contribution in [0.25, 0.3) is 16.7 Å². The van der Waals surface area contributed by atoms with Crippen LogP contribution in [-0.2, 0) is 4.79 Å². The van der Waals surface area contributed by atoms with Gasteiger partial charge < -0.3 is 5.32 Å². The van der Waals surface area contributed by atoms with Gasteiger partial charge in [-0.1, -0.05) is 36.0 Å². The number of amides is 1. The van der Waals surface area contributed by atoms with Gasteiger partial charge in [0.25, 0.3) is 11.2 Å². The van der Waals surface area contributed by atoms with Crippen LogP contribution in [0.2, 0.25) is 0 Å². The first-order valence-electron chi connectivity index (χ1n) is 10.2. The number of aromatic nitrogens is 4. The lowest BCUT2D eigenvalue weighted by Gasteiger charge is -2.13. The summed E-state index contributed by atoms with van der Waals surface area (Å²) in [5.74, 6) is 0.0852. The number of nitrogens with zero attached hydrogens (tertiary/aromatic N) is 5. The third-order valence-electron chi connectivity index (χ3n) is 5.41. The molecule has 1 N–H and O–H groups in total. The van der Waals surface area contributed by atoms with Crippen LogP contribution in [0.15, 0.2) is 64.7 Å². The van der Waals surface area contributed by atoms with Crippen LogP contribution in [0.5, 0.6) is 0 Å². The molecule has 0 radical (unpaired) electrons. The molecule has 0 spiro atoms. The molecule has 0 saturated carbocycles. The topological polar surface area (TPSA) is 125 Å². The molecule has 0 bridgehead atoms. The highest BCUT2D eigenvalue weighted by molar-refractivity contribution is 7.99. The Labute approximate surface area is 191 Å². The molecule has 11 heteroatoms. The van der Waals surface area contributed by atoms with E-state index in [9.17, 15) is 19.7 Å². The third kappa shape index (κ3) is 3.76. The van der Waals surface area contributed by atoms with E-state index >= 15 is 0 Å². The van der Waals surface area contributed by atoms with Gasteiger partial charge in [0.2, 0.25) is 5.91 Å². The number of nitro benzene ring substituents is 1. The van der Waals surface area contributed by atoms with Gasteiger partial charge in [0.15, 0.2) is 10.8 Å². The van der Waals surface area contributed by atoms with E-state index in [1.54, 1.807) is 10.7 Å². The minimum atomic E-state index is -0.548. The predicted octanol–water partition coefficient (Wildman–Crippen LogP) is 3.47. The van der Waals surface area contributed by atoms with Crippen molar-refractivity contribution in [3.8, 4) is 5.69 Å². The Balaban J connectivity index is 1.44. The number of aryl methyl sites for hydroxylation is 1.